The van der Waals surface area contributed by atoms with Crippen LogP contribution in [0, 0.1) is 0 Å². The van der Waals surface area contributed by atoms with Crippen molar-refractivity contribution in [2.24, 2.45) is 0 Å². The Hall–Kier alpha value is -2.47. The Morgan fingerprint density at radius 3 is 2.56 bits per heavy atom. The smallest absolute Gasteiger partial charge is 0.287 e. The zero-order valence-corrected chi connectivity index (χ0v) is 22.1. The molecule has 196 valence electrons. The number of amides is 2. The van der Waals surface area contributed by atoms with E-state index < -0.39 is 31.3 Å². The second-order valence-corrected chi connectivity index (χ2v) is 13.3. The van der Waals surface area contributed by atoms with E-state index in [9.17, 15) is 23.1 Å². The van der Waals surface area contributed by atoms with Crippen LogP contribution >= 0.6 is 11.6 Å². The fraction of sp³-hybridized carbons (Fsp3) is 0.542. The molecule has 10 nitrogen and oxygen atoms in total. The molecule has 0 bridgehead atoms. The van der Waals surface area contributed by atoms with Gasteiger partial charge in [0, 0.05) is 38.3 Å². The first kappa shape index (κ1) is 26.6. The maximum Gasteiger partial charge on any atom is 0.287 e. The molecular weight excluding hydrogens is 508 g/mol. The van der Waals surface area contributed by atoms with Crippen molar-refractivity contribution in [1.82, 2.24) is 19.8 Å². The third-order valence-electron chi connectivity index (χ3n) is 7.20. The molecule has 1 aliphatic carbocycles. The SMILES string of the molecule is COCC(O)C(C)(C)S(=O)(=O)C1(CN2CCn3c(cnc3C(=O)NCc3ccc(Cl)cc3)C2=O)CC1. The minimum atomic E-state index is -3.81. The maximum atomic E-state index is 13.5. The molecule has 0 radical (unpaired) electrons. The molecule has 0 saturated heterocycles. The van der Waals surface area contributed by atoms with Crippen molar-refractivity contribution < 1.29 is 27.9 Å². The molecule has 4 rings (SSSR count). The van der Waals surface area contributed by atoms with Gasteiger partial charge in [-0.3, -0.25) is 9.59 Å². The number of hydrogen-bond acceptors (Lipinski definition) is 7. The van der Waals surface area contributed by atoms with E-state index in [1.54, 1.807) is 16.7 Å². The molecule has 1 aliphatic heterocycles. The number of methoxy groups -OCH3 is 1. The topological polar surface area (TPSA) is 131 Å². The first-order valence-electron chi connectivity index (χ1n) is 11.7. The number of aliphatic hydroxyl groups is 1. The minimum Gasteiger partial charge on any atom is -0.389 e. The number of hydrogen-bond donors (Lipinski definition) is 2. The molecule has 1 atom stereocenters. The van der Waals surface area contributed by atoms with Gasteiger partial charge in [-0.15, -0.1) is 0 Å². The van der Waals surface area contributed by atoms with Gasteiger partial charge in [0.05, 0.1) is 28.4 Å². The quantitative estimate of drug-likeness (QED) is 0.470. The van der Waals surface area contributed by atoms with Gasteiger partial charge in [0.15, 0.2) is 15.7 Å². The first-order chi connectivity index (χ1) is 16.9. The fourth-order valence-corrected chi connectivity index (χ4v) is 7.18. The van der Waals surface area contributed by atoms with Crippen molar-refractivity contribution in [3.8, 4) is 0 Å². The molecule has 1 unspecified atom stereocenters. The average Bonchev–Trinajstić information content (AvgIpc) is 3.50. The van der Waals surface area contributed by atoms with E-state index in [1.165, 1.54) is 32.1 Å². The molecule has 1 fully saturated rings. The molecular formula is C24H31ClN4O6S. The van der Waals surface area contributed by atoms with Gasteiger partial charge < -0.3 is 24.6 Å². The molecule has 2 N–H and O–H groups in total. The number of carbonyl (C=O) groups excluding carboxylic acids is 2. The second-order valence-electron chi connectivity index (χ2n) is 9.92. The van der Waals surface area contributed by atoms with Crippen LogP contribution in [0.1, 0.15) is 53.4 Å². The van der Waals surface area contributed by atoms with Crippen LogP contribution in [0.4, 0.5) is 0 Å². The fourth-order valence-electron chi connectivity index (χ4n) is 4.55. The summed E-state index contributed by atoms with van der Waals surface area (Å²) in [4.78, 5) is 31.7. The molecule has 12 heteroatoms. The van der Waals surface area contributed by atoms with Crippen LogP contribution in [0.25, 0.3) is 0 Å². The van der Waals surface area contributed by atoms with E-state index in [2.05, 4.69) is 10.3 Å². The van der Waals surface area contributed by atoms with Gasteiger partial charge in [-0.1, -0.05) is 23.7 Å². The van der Waals surface area contributed by atoms with Crippen molar-refractivity contribution in [2.75, 3.05) is 26.8 Å². The van der Waals surface area contributed by atoms with Crippen molar-refractivity contribution in [1.29, 1.82) is 0 Å². The lowest BCUT2D eigenvalue weighted by Gasteiger charge is -2.37. The van der Waals surface area contributed by atoms with Crippen molar-refractivity contribution in [2.45, 2.75) is 55.4 Å². The van der Waals surface area contributed by atoms with E-state index in [4.69, 9.17) is 16.3 Å². The minimum absolute atomic E-state index is 0.0283. The zero-order chi connectivity index (χ0) is 26.3. The summed E-state index contributed by atoms with van der Waals surface area (Å²) in [7, 11) is -2.41. The van der Waals surface area contributed by atoms with E-state index in [0.29, 0.717) is 24.4 Å². The number of fused-ring (bicyclic) bond motifs is 1. The number of aliphatic hydroxyl groups excluding tert-OH is 1. The largest absolute Gasteiger partial charge is 0.389 e. The molecule has 2 amide bonds. The lowest BCUT2D eigenvalue weighted by atomic mass is 10.1. The lowest BCUT2D eigenvalue weighted by molar-refractivity contribution is 0.0431. The normalized spacial score (nSPS) is 18.0. The van der Waals surface area contributed by atoms with Crippen molar-refractivity contribution >= 4 is 33.3 Å². The highest BCUT2D eigenvalue weighted by molar-refractivity contribution is 7.94. The lowest BCUT2D eigenvalue weighted by Crippen LogP contribution is -2.55. The second kappa shape index (κ2) is 9.77. The Balaban J connectivity index is 1.46. The molecule has 2 aliphatic rings. The summed E-state index contributed by atoms with van der Waals surface area (Å²) in [6, 6.07) is 7.09. The number of nitrogens with zero attached hydrogens (tertiary/aromatic N) is 3. The number of aromatic nitrogens is 2. The number of ether oxygens (including phenoxy) is 1. The highest BCUT2D eigenvalue weighted by atomic mass is 35.5. The van der Waals surface area contributed by atoms with Crippen molar-refractivity contribution in [3.05, 3.63) is 52.6 Å². The summed E-state index contributed by atoms with van der Waals surface area (Å²) in [5.74, 6) is -0.653. The van der Waals surface area contributed by atoms with Gasteiger partial charge in [0.2, 0.25) is 0 Å². The van der Waals surface area contributed by atoms with Crippen LogP contribution in [0.15, 0.2) is 30.5 Å². The average molecular weight is 539 g/mol. The van der Waals surface area contributed by atoms with Crippen LogP contribution < -0.4 is 5.32 Å². The number of nitrogens with one attached hydrogen (secondary N) is 1. The molecule has 2 heterocycles. The van der Waals surface area contributed by atoms with E-state index in [1.807, 2.05) is 12.1 Å². The standard InChI is InChI=1S/C24H31ClN4O6S/c1-23(2,19(30)14-35-3)36(33,34)24(8-9-24)15-28-10-11-29-18(22(28)32)13-26-20(29)21(31)27-12-16-4-6-17(25)7-5-16/h4-7,13,19,30H,8-12,14-15H2,1-3H3,(H,27,31). The van der Waals surface area contributed by atoms with Crippen molar-refractivity contribution in [3.63, 3.8) is 0 Å². The summed E-state index contributed by atoms with van der Waals surface area (Å²) in [6.07, 6.45) is 0.989. The van der Waals surface area contributed by atoms with Crippen LogP contribution in [0.5, 0.6) is 0 Å². The van der Waals surface area contributed by atoms with Gasteiger partial charge in [0.1, 0.15) is 5.69 Å². The monoisotopic (exact) mass is 538 g/mol. The summed E-state index contributed by atoms with van der Waals surface area (Å²) in [5.41, 5.74) is 1.11. The van der Waals surface area contributed by atoms with Crippen LogP contribution in [0.2, 0.25) is 5.02 Å². The Labute approximate surface area is 215 Å². The number of carbonyl (C=O) groups is 2. The third-order valence-corrected chi connectivity index (χ3v) is 10.8. The van der Waals surface area contributed by atoms with Crippen LogP contribution in [-0.2, 0) is 27.7 Å². The molecule has 2 aromatic rings. The zero-order valence-electron chi connectivity index (χ0n) is 20.5. The third kappa shape index (κ3) is 4.65. The molecule has 36 heavy (non-hydrogen) atoms. The summed E-state index contributed by atoms with van der Waals surface area (Å²) in [5, 5.41) is 13.8. The van der Waals surface area contributed by atoms with Crippen LogP contribution in [-0.4, -0.2) is 82.2 Å². The Morgan fingerprint density at radius 2 is 1.94 bits per heavy atom. The Morgan fingerprint density at radius 1 is 1.28 bits per heavy atom. The number of sulfone groups is 1. The summed E-state index contributed by atoms with van der Waals surface area (Å²) >= 11 is 5.89. The number of benzene rings is 1. The van der Waals surface area contributed by atoms with E-state index >= 15 is 0 Å². The van der Waals surface area contributed by atoms with Gasteiger partial charge in [-0.2, -0.15) is 0 Å². The Kier molecular flexibility index (Phi) is 7.22. The molecule has 1 saturated carbocycles. The maximum absolute atomic E-state index is 13.5. The molecule has 1 aromatic carbocycles. The summed E-state index contributed by atoms with van der Waals surface area (Å²) in [6.45, 7) is 3.76. The van der Waals surface area contributed by atoms with Crippen LogP contribution in [0.3, 0.4) is 0 Å². The van der Waals surface area contributed by atoms with E-state index in [-0.39, 0.29) is 43.7 Å². The summed E-state index contributed by atoms with van der Waals surface area (Å²) < 4.78 is 31.1. The highest BCUT2D eigenvalue weighted by Gasteiger charge is 2.62. The highest BCUT2D eigenvalue weighted by Crippen LogP contribution is 2.50. The first-order valence-corrected chi connectivity index (χ1v) is 13.6. The molecule has 1 aromatic heterocycles. The molecule has 0 spiro atoms. The number of imidazole rings is 1. The predicted molar refractivity (Wildman–Crippen MR) is 134 cm³/mol. The number of halogens is 1. The van der Waals surface area contributed by atoms with Gasteiger partial charge in [-0.05, 0) is 44.4 Å². The predicted octanol–water partition coefficient (Wildman–Crippen LogP) is 1.66. The van der Waals surface area contributed by atoms with Gasteiger partial charge in [0.25, 0.3) is 11.8 Å². The Bertz CT molecular complexity index is 1250. The number of rotatable bonds is 10. The van der Waals surface area contributed by atoms with E-state index in [0.717, 1.165) is 5.56 Å². The van der Waals surface area contributed by atoms with Gasteiger partial charge in [-0.25, -0.2) is 13.4 Å². The van der Waals surface area contributed by atoms with Gasteiger partial charge >= 0.3 is 0 Å².